The molecule has 0 amide bonds. The van der Waals surface area contributed by atoms with Gasteiger partial charge in [-0.2, -0.15) is 0 Å². The number of hydrogen-bond donors (Lipinski definition) is 2. The van der Waals surface area contributed by atoms with Gasteiger partial charge in [0.1, 0.15) is 0 Å². The van der Waals surface area contributed by atoms with E-state index in [9.17, 15) is 9.59 Å². The second kappa shape index (κ2) is 7.69. The van der Waals surface area contributed by atoms with Crippen molar-refractivity contribution >= 4 is 11.8 Å². The molecule has 2 atom stereocenters. The van der Waals surface area contributed by atoms with Gasteiger partial charge in [-0.05, 0) is 24.8 Å². The number of carbonyl (C=O) groups excluding carboxylic acids is 1. The molecule has 0 bridgehead atoms. The van der Waals surface area contributed by atoms with Crippen molar-refractivity contribution in [1.29, 1.82) is 0 Å². The molecule has 1 aliphatic carbocycles. The molecule has 2 unspecified atom stereocenters. The van der Waals surface area contributed by atoms with Crippen molar-refractivity contribution in [3.05, 3.63) is 24.4 Å². The normalized spacial score (nSPS) is 23.5. The van der Waals surface area contributed by atoms with Crippen LogP contribution in [-0.2, 0) is 9.59 Å². The third kappa shape index (κ3) is 5.17. The molecule has 0 aromatic heterocycles. The third-order valence-corrected chi connectivity index (χ3v) is 3.12. The fourth-order valence-corrected chi connectivity index (χ4v) is 2.10. The highest BCUT2D eigenvalue weighted by Gasteiger charge is 2.23. The van der Waals surface area contributed by atoms with Gasteiger partial charge >= 0.3 is 5.97 Å². The molecule has 1 rings (SSSR count). The van der Waals surface area contributed by atoms with Gasteiger partial charge in [-0.1, -0.05) is 32.3 Å². The van der Waals surface area contributed by atoms with Gasteiger partial charge in [-0.3, -0.25) is 4.79 Å². The number of carboxylic acids is 1. The Hall–Kier alpha value is -1.58. The molecular weight excluding hydrogens is 230 g/mol. The molecule has 4 nitrogen and oxygen atoms in total. The minimum Gasteiger partial charge on any atom is -0.478 e. The summed E-state index contributed by atoms with van der Waals surface area (Å²) in [6, 6.07) is -0.280. The van der Waals surface area contributed by atoms with Gasteiger partial charge in [-0.15, -0.1) is 0 Å². The number of carbonyl (C=O) groups is 2. The van der Waals surface area contributed by atoms with E-state index in [1.807, 2.05) is 6.08 Å². The maximum atomic E-state index is 11.6. The van der Waals surface area contributed by atoms with Crippen LogP contribution >= 0.6 is 0 Å². The van der Waals surface area contributed by atoms with Crippen LogP contribution in [0, 0.1) is 5.92 Å². The first-order valence-electron chi connectivity index (χ1n) is 6.51. The van der Waals surface area contributed by atoms with Crippen molar-refractivity contribution in [3.63, 3.8) is 0 Å². The van der Waals surface area contributed by atoms with Crippen molar-refractivity contribution in [1.82, 2.24) is 5.32 Å². The molecule has 0 spiro atoms. The number of hydrogen-bond acceptors (Lipinski definition) is 3. The standard InChI is InChI=1S/C14H21NO3/c1-2-3-4-5-11-6-7-13(16)12(10-11)15-9-8-14(17)18/h6-9,11-12,15H,2-5,10H2,1H3,(H,17,18). The predicted octanol–water partition coefficient (Wildman–Crippen LogP) is 2.27. The molecular formula is C14H21NO3. The summed E-state index contributed by atoms with van der Waals surface area (Å²) in [6.45, 7) is 2.17. The Balaban J connectivity index is 2.42. The topological polar surface area (TPSA) is 66.4 Å². The highest BCUT2D eigenvalue weighted by Crippen LogP contribution is 2.21. The zero-order chi connectivity index (χ0) is 13.4. The molecule has 0 aromatic rings. The monoisotopic (exact) mass is 251 g/mol. The maximum Gasteiger partial charge on any atom is 0.329 e. The Morgan fingerprint density at radius 3 is 3.00 bits per heavy atom. The van der Waals surface area contributed by atoms with Gasteiger partial charge in [0.15, 0.2) is 5.78 Å². The van der Waals surface area contributed by atoms with Crippen molar-refractivity contribution in [2.45, 2.75) is 45.1 Å². The lowest BCUT2D eigenvalue weighted by atomic mass is 9.87. The summed E-state index contributed by atoms with van der Waals surface area (Å²) in [7, 11) is 0. The van der Waals surface area contributed by atoms with Gasteiger partial charge in [0.25, 0.3) is 0 Å². The van der Waals surface area contributed by atoms with Crippen LogP contribution in [0.25, 0.3) is 0 Å². The van der Waals surface area contributed by atoms with Crippen LogP contribution < -0.4 is 5.32 Å². The first kappa shape index (κ1) is 14.5. The van der Waals surface area contributed by atoms with Gasteiger partial charge in [0, 0.05) is 12.3 Å². The molecule has 2 N–H and O–H groups in total. The minimum absolute atomic E-state index is 0.0248. The van der Waals surface area contributed by atoms with Crippen LogP contribution in [-0.4, -0.2) is 22.9 Å². The SMILES string of the molecule is CCCCCC1C=CC(=O)C(NC=CC(=O)O)C1. The fourth-order valence-electron chi connectivity index (χ4n) is 2.10. The van der Waals surface area contributed by atoms with Crippen LogP contribution in [0.5, 0.6) is 0 Å². The number of rotatable bonds is 7. The van der Waals surface area contributed by atoms with Crippen LogP contribution in [0.4, 0.5) is 0 Å². The van der Waals surface area contributed by atoms with Gasteiger partial charge in [0.05, 0.1) is 6.04 Å². The lowest BCUT2D eigenvalue weighted by molar-refractivity contribution is -0.131. The zero-order valence-corrected chi connectivity index (χ0v) is 10.8. The Labute approximate surface area is 108 Å². The Kier molecular flexibility index (Phi) is 6.19. The highest BCUT2D eigenvalue weighted by molar-refractivity contribution is 5.95. The minimum atomic E-state index is -1.01. The van der Waals surface area contributed by atoms with E-state index in [-0.39, 0.29) is 11.8 Å². The number of carboxylic acid groups (broad SMARTS) is 1. The van der Waals surface area contributed by atoms with Crippen molar-refractivity contribution in [3.8, 4) is 0 Å². The molecule has 4 heteroatoms. The zero-order valence-electron chi connectivity index (χ0n) is 10.8. The summed E-state index contributed by atoms with van der Waals surface area (Å²) in [5.41, 5.74) is 0. The summed E-state index contributed by atoms with van der Waals surface area (Å²) in [5, 5.41) is 11.3. The van der Waals surface area contributed by atoms with Gasteiger partial charge < -0.3 is 10.4 Å². The van der Waals surface area contributed by atoms with E-state index in [2.05, 4.69) is 12.2 Å². The fraction of sp³-hybridized carbons (Fsp3) is 0.571. The maximum absolute atomic E-state index is 11.6. The molecule has 100 valence electrons. The van der Waals surface area contributed by atoms with Crippen molar-refractivity contribution < 1.29 is 14.7 Å². The van der Waals surface area contributed by atoms with Crippen LogP contribution in [0.1, 0.15) is 39.0 Å². The smallest absolute Gasteiger partial charge is 0.329 e. The molecule has 0 aromatic carbocycles. The number of nitrogens with one attached hydrogen (secondary N) is 1. The molecule has 0 radical (unpaired) electrons. The van der Waals surface area contributed by atoms with E-state index in [0.717, 1.165) is 18.9 Å². The quantitative estimate of drug-likeness (QED) is 0.538. The van der Waals surface area contributed by atoms with E-state index >= 15 is 0 Å². The van der Waals surface area contributed by atoms with E-state index in [0.29, 0.717) is 5.92 Å². The van der Waals surface area contributed by atoms with Crippen LogP contribution in [0.2, 0.25) is 0 Å². The average Bonchev–Trinajstić information content (AvgIpc) is 2.33. The second-order valence-electron chi connectivity index (χ2n) is 4.64. The molecule has 0 fully saturated rings. The number of aliphatic carboxylic acids is 1. The average molecular weight is 251 g/mol. The number of unbranched alkanes of at least 4 members (excludes halogenated alkanes) is 2. The van der Waals surface area contributed by atoms with E-state index in [1.165, 1.54) is 25.5 Å². The van der Waals surface area contributed by atoms with Crippen molar-refractivity contribution in [2.75, 3.05) is 0 Å². The predicted molar refractivity (Wildman–Crippen MR) is 70.1 cm³/mol. The third-order valence-electron chi connectivity index (χ3n) is 3.12. The molecule has 0 heterocycles. The lowest BCUT2D eigenvalue weighted by Gasteiger charge is -2.23. The number of allylic oxidation sites excluding steroid dienone is 1. The molecule has 0 saturated heterocycles. The summed E-state index contributed by atoms with van der Waals surface area (Å²) >= 11 is 0. The Morgan fingerprint density at radius 1 is 1.56 bits per heavy atom. The first-order valence-corrected chi connectivity index (χ1v) is 6.51. The Bertz CT molecular complexity index is 347. The van der Waals surface area contributed by atoms with E-state index < -0.39 is 5.97 Å². The van der Waals surface area contributed by atoms with Gasteiger partial charge in [0.2, 0.25) is 0 Å². The van der Waals surface area contributed by atoms with E-state index in [4.69, 9.17) is 5.11 Å². The summed E-state index contributed by atoms with van der Waals surface area (Å²) < 4.78 is 0. The lowest BCUT2D eigenvalue weighted by Crippen LogP contribution is -2.36. The van der Waals surface area contributed by atoms with Gasteiger partial charge in [-0.25, -0.2) is 4.79 Å². The summed E-state index contributed by atoms with van der Waals surface area (Å²) in [4.78, 5) is 22.0. The summed E-state index contributed by atoms with van der Waals surface area (Å²) in [6.07, 6.45) is 11.4. The number of ketones is 1. The molecule has 18 heavy (non-hydrogen) atoms. The molecule has 1 aliphatic rings. The Morgan fingerprint density at radius 2 is 2.33 bits per heavy atom. The van der Waals surface area contributed by atoms with Crippen LogP contribution in [0.3, 0.4) is 0 Å². The van der Waals surface area contributed by atoms with Crippen LogP contribution in [0.15, 0.2) is 24.4 Å². The summed E-state index contributed by atoms with van der Waals surface area (Å²) in [5.74, 6) is -0.567. The molecule has 0 saturated carbocycles. The molecule has 0 aliphatic heterocycles. The second-order valence-corrected chi connectivity index (χ2v) is 4.64. The first-order chi connectivity index (χ1) is 8.63. The van der Waals surface area contributed by atoms with Crippen molar-refractivity contribution in [2.24, 2.45) is 5.92 Å². The highest BCUT2D eigenvalue weighted by atomic mass is 16.4. The van der Waals surface area contributed by atoms with E-state index in [1.54, 1.807) is 6.08 Å². The largest absolute Gasteiger partial charge is 0.478 e.